The SMILES string of the molecule is CCC(CNC(=O)c1cccn1CCOC)CC(=O)O. The number of hydrogen-bond donors (Lipinski definition) is 2. The van der Waals surface area contributed by atoms with Crippen LogP contribution in [0.5, 0.6) is 0 Å². The Morgan fingerprint density at radius 1 is 1.50 bits per heavy atom. The normalized spacial score (nSPS) is 12.1. The Morgan fingerprint density at radius 2 is 2.25 bits per heavy atom. The van der Waals surface area contributed by atoms with Gasteiger partial charge >= 0.3 is 5.97 Å². The highest BCUT2D eigenvalue weighted by Crippen LogP contribution is 2.08. The molecule has 20 heavy (non-hydrogen) atoms. The lowest BCUT2D eigenvalue weighted by Gasteiger charge is -2.14. The van der Waals surface area contributed by atoms with Gasteiger partial charge in [-0.05, 0) is 18.1 Å². The summed E-state index contributed by atoms with van der Waals surface area (Å²) in [6, 6.07) is 3.54. The Labute approximate surface area is 118 Å². The number of carboxylic acids is 1. The molecule has 2 N–H and O–H groups in total. The Kier molecular flexibility index (Phi) is 6.79. The number of methoxy groups -OCH3 is 1. The van der Waals surface area contributed by atoms with Crippen molar-refractivity contribution in [3.63, 3.8) is 0 Å². The first kappa shape index (κ1) is 16.2. The maximum Gasteiger partial charge on any atom is 0.303 e. The summed E-state index contributed by atoms with van der Waals surface area (Å²) in [5, 5.41) is 11.6. The van der Waals surface area contributed by atoms with Crippen LogP contribution in [0.3, 0.4) is 0 Å². The van der Waals surface area contributed by atoms with Crippen molar-refractivity contribution in [1.82, 2.24) is 9.88 Å². The molecule has 0 aliphatic carbocycles. The van der Waals surface area contributed by atoms with E-state index in [1.807, 2.05) is 17.7 Å². The molecule has 0 bridgehead atoms. The lowest BCUT2D eigenvalue weighted by molar-refractivity contribution is -0.138. The largest absolute Gasteiger partial charge is 0.481 e. The Morgan fingerprint density at radius 3 is 2.85 bits per heavy atom. The second-order valence-electron chi connectivity index (χ2n) is 4.66. The molecule has 0 spiro atoms. The van der Waals surface area contributed by atoms with Crippen molar-refractivity contribution >= 4 is 11.9 Å². The third-order valence-corrected chi connectivity index (χ3v) is 3.19. The second kappa shape index (κ2) is 8.37. The minimum Gasteiger partial charge on any atom is -0.481 e. The van der Waals surface area contributed by atoms with Crippen LogP contribution in [0.4, 0.5) is 0 Å². The lowest BCUT2D eigenvalue weighted by Crippen LogP contribution is -2.31. The summed E-state index contributed by atoms with van der Waals surface area (Å²) in [4.78, 5) is 22.8. The molecule has 0 aliphatic rings. The van der Waals surface area contributed by atoms with E-state index in [1.54, 1.807) is 19.2 Å². The lowest BCUT2D eigenvalue weighted by atomic mass is 10.0. The van der Waals surface area contributed by atoms with E-state index in [9.17, 15) is 9.59 Å². The average molecular weight is 282 g/mol. The Balaban J connectivity index is 2.53. The molecular weight excluding hydrogens is 260 g/mol. The molecule has 1 atom stereocenters. The van der Waals surface area contributed by atoms with E-state index in [2.05, 4.69) is 5.32 Å². The first-order valence-corrected chi connectivity index (χ1v) is 6.72. The molecule has 0 radical (unpaired) electrons. The molecule has 0 aromatic carbocycles. The van der Waals surface area contributed by atoms with Crippen molar-refractivity contribution in [2.24, 2.45) is 5.92 Å². The van der Waals surface area contributed by atoms with E-state index in [0.29, 0.717) is 25.4 Å². The Bertz CT molecular complexity index is 442. The molecule has 1 unspecified atom stereocenters. The molecule has 6 heteroatoms. The molecule has 1 aromatic heterocycles. The monoisotopic (exact) mass is 282 g/mol. The van der Waals surface area contributed by atoms with E-state index in [4.69, 9.17) is 9.84 Å². The van der Waals surface area contributed by atoms with Crippen LogP contribution in [0, 0.1) is 5.92 Å². The average Bonchev–Trinajstić information content (AvgIpc) is 2.88. The van der Waals surface area contributed by atoms with E-state index in [1.165, 1.54) is 0 Å². The van der Waals surface area contributed by atoms with Crippen molar-refractivity contribution in [1.29, 1.82) is 0 Å². The molecule has 1 aromatic rings. The molecule has 0 saturated carbocycles. The third-order valence-electron chi connectivity index (χ3n) is 3.19. The van der Waals surface area contributed by atoms with Gasteiger partial charge < -0.3 is 19.7 Å². The maximum absolute atomic E-state index is 12.1. The minimum absolute atomic E-state index is 0.0427. The van der Waals surface area contributed by atoms with Gasteiger partial charge in [-0.25, -0.2) is 0 Å². The highest BCUT2D eigenvalue weighted by molar-refractivity contribution is 5.92. The number of rotatable bonds is 9. The van der Waals surface area contributed by atoms with Gasteiger partial charge in [-0.15, -0.1) is 0 Å². The predicted octanol–water partition coefficient (Wildman–Crippen LogP) is 1.37. The number of aliphatic carboxylic acids is 1. The van der Waals surface area contributed by atoms with E-state index in [0.717, 1.165) is 6.42 Å². The molecular formula is C14H22N2O4. The van der Waals surface area contributed by atoms with Gasteiger partial charge in [0, 0.05) is 32.8 Å². The fraction of sp³-hybridized carbons (Fsp3) is 0.571. The molecule has 0 saturated heterocycles. The summed E-state index contributed by atoms with van der Waals surface area (Å²) in [5.74, 6) is -1.07. The first-order chi connectivity index (χ1) is 9.58. The van der Waals surface area contributed by atoms with Crippen LogP contribution in [-0.2, 0) is 16.1 Å². The van der Waals surface area contributed by atoms with Gasteiger partial charge in [0.05, 0.1) is 6.61 Å². The fourth-order valence-electron chi connectivity index (χ4n) is 1.94. The van der Waals surface area contributed by atoms with Crippen LogP contribution >= 0.6 is 0 Å². The second-order valence-corrected chi connectivity index (χ2v) is 4.66. The van der Waals surface area contributed by atoms with Crippen LogP contribution in [0.2, 0.25) is 0 Å². The van der Waals surface area contributed by atoms with Gasteiger partial charge in [0.25, 0.3) is 5.91 Å². The molecule has 1 heterocycles. The molecule has 0 aliphatic heterocycles. The van der Waals surface area contributed by atoms with Gasteiger partial charge in [-0.2, -0.15) is 0 Å². The Hall–Kier alpha value is -1.82. The van der Waals surface area contributed by atoms with Crippen LogP contribution in [-0.4, -0.2) is 41.8 Å². The van der Waals surface area contributed by atoms with Gasteiger partial charge in [0.15, 0.2) is 0 Å². The number of amides is 1. The topological polar surface area (TPSA) is 80.6 Å². The first-order valence-electron chi connectivity index (χ1n) is 6.72. The quantitative estimate of drug-likeness (QED) is 0.716. The van der Waals surface area contributed by atoms with Crippen LogP contribution < -0.4 is 5.32 Å². The number of carbonyl (C=O) groups excluding carboxylic acids is 1. The zero-order valence-electron chi connectivity index (χ0n) is 12.0. The van der Waals surface area contributed by atoms with E-state index in [-0.39, 0.29) is 18.2 Å². The maximum atomic E-state index is 12.1. The summed E-state index contributed by atoms with van der Waals surface area (Å²) in [7, 11) is 1.61. The number of nitrogens with zero attached hydrogens (tertiary/aromatic N) is 1. The number of ether oxygens (including phenoxy) is 1. The molecule has 6 nitrogen and oxygen atoms in total. The standard InChI is InChI=1S/C14H22N2O4/c1-3-11(9-13(17)18)10-15-14(19)12-5-4-6-16(12)7-8-20-2/h4-6,11H,3,7-10H2,1-2H3,(H,15,19)(H,17,18). The summed E-state index contributed by atoms with van der Waals surface area (Å²) < 4.78 is 6.81. The zero-order valence-corrected chi connectivity index (χ0v) is 12.0. The van der Waals surface area contributed by atoms with Crippen molar-refractivity contribution in [2.45, 2.75) is 26.3 Å². The molecule has 1 rings (SSSR count). The summed E-state index contributed by atoms with van der Waals surface area (Å²) in [5.41, 5.74) is 0.562. The summed E-state index contributed by atoms with van der Waals surface area (Å²) >= 11 is 0. The third kappa shape index (κ3) is 5.05. The van der Waals surface area contributed by atoms with Gasteiger partial charge in [-0.1, -0.05) is 13.3 Å². The predicted molar refractivity (Wildman–Crippen MR) is 74.7 cm³/mol. The van der Waals surface area contributed by atoms with Gasteiger partial charge in [0.2, 0.25) is 0 Å². The summed E-state index contributed by atoms with van der Waals surface area (Å²) in [6.07, 6.45) is 2.61. The van der Waals surface area contributed by atoms with Crippen molar-refractivity contribution in [3.05, 3.63) is 24.0 Å². The minimum atomic E-state index is -0.838. The van der Waals surface area contributed by atoms with Crippen molar-refractivity contribution < 1.29 is 19.4 Å². The molecule has 112 valence electrons. The number of carbonyl (C=O) groups is 2. The smallest absolute Gasteiger partial charge is 0.303 e. The number of hydrogen-bond acceptors (Lipinski definition) is 3. The fourth-order valence-corrected chi connectivity index (χ4v) is 1.94. The number of nitrogens with one attached hydrogen (secondary N) is 1. The molecule has 1 amide bonds. The van der Waals surface area contributed by atoms with Crippen LogP contribution in [0.15, 0.2) is 18.3 Å². The van der Waals surface area contributed by atoms with Crippen LogP contribution in [0.25, 0.3) is 0 Å². The number of carboxylic acid groups (broad SMARTS) is 1. The van der Waals surface area contributed by atoms with Gasteiger partial charge in [-0.3, -0.25) is 9.59 Å². The highest BCUT2D eigenvalue weighted by Gasteiger charge is 2.15. The van der Waals surface area contributed by atoms with E-state index >= 15 is 0 Å². The van der Waals surface area contributed by atoms with Crippen molar-refractivity contribution in [2.75, 3.05) is 20.3 Å². The van der Waals surface area contributed by atoms with Crippen molar-refractivity contribution in [3.8, 4) is 0 Å². The van der Waals surface area contributed by atoms with E-state index < -0.39 is 5.97 Å². The zero-order chi connectivity index (χ0) is 15.0. The van der Waals surface area contributed by atoms with Gasteiger partial charge in [0.1, 0.15) is 5.69 Å². The highest BCUT2D eigenvalue weighted by atomic mass is 16.5. The summed E-state index contributed by atoms with van der Waals surface area (Å²) in [6.45, 7) is 3.43. The van der Waals surface area contributed by atoms with Crippen LogP contribution in [0.1, 0.15) is 30.3 Å². The molecule has 0 fully saturated rings. The number of aromatic nitrogens is 1.